The lowest BCUT2D eigenvalue weighted by Crippen LogP contribution is -1.94. The molecular weight excluding hydrogens is 701 g/mol. The minimum Gasteiger partial charge on any atom is -0.307 e. The number of rotatable bonds is 8. The Morgan fingerprint density at radius 1 is 0.310 bits per heavy atom. The molecule has 0 fully saturated rings. The van der Waals surface area contributed by atoms with Crippen molar-refractivity contribution >= 4 is 57.1 Å². The highest BCUT2D eigenvalue weighted by molar-refractivity contribution is 6.20. The van der Waals surface area contributed by atoms with E-state index in [-0.39, 0.29) is 0 Å². The number of aromatic nitrogens is 2. The lowest BCUT2D eigenvalue weighted by Gasteiger charge is -2.11. The summed E-state index contributed by atoms with van der Waals surface area (Å²) in [6.07, 6.45) is 8.72. The number of nitrogens with zero attached hydrogens (tertiary/aromatic N) is 2. The van der Waals surface area contributed by atoms with E-state index in [2.05, 4.69) is 241 Å². The van der Waals surface area contributed by atoms with Crippen molar-refractivity contribution < 1.29 is 0 Å². The molecule has 0 aliphatic rings. The summed E-state index contributed by atoms with van der Waals surface area (Å²) < 4.78 is 4.92. The fourth-order valence-corrected chi connectivity index (χ4v) is 8.15. The first-order valence-electron chi connectivity index (χ1n) is 20.0. The average molecular weight is 743 g/mol. The molecule has 2 heterocycles. The van der Waals surface area contributed by atoms with Gasteiger partial charge in [0, 0.05) is 22.1 Å². The van der Waals surface area contributed by atoms with E-state index in [1.54, 1.807) is 0 Å². The van der Waals surface area contributed by atoms with Crippen molar-refractivity contribution in [1.29, 1.82) is 0 Å². The smallest absolute Gasteiger partial charge is 0.0803 e. The molecule has 0 unspecified atom stereocenters. The molecule has 0 aliphatic carbocycles. The Morgan fingerprint density at radius 3 is 0.966 bits per heavy atom. The maximum absolute atomic E-state index is 2.46. The highest BCUT2D eigenvalue weighted by atomic mass is 15.1. The van der Waals surface area contributed by atoms with Gasteiger partial charge in [0.05, 0.1) is 22.1 Å². The first kappa shape index (κ1) is 35.0. The van der Waals surface area contributed by atoms with E-state index in [1.807, 2.05) is 0 Å². The van der Waals surface area contributed by atoms with E-state index in [1.165, 1.54) is 88.5 Å². The molecule has 0 amide bonds. The molecule has 0 radical (unpaired) electrons. The molecule has 2 aromatic heterocycles. The van der Waals surface area contributed by atoms with Crippen LogP contribution in [0.25, 0.3) is 90.8 Å². The minimum atomic E-state index is 1.14. The van der Waals surface area contributed by atoms with Gasteiger partial charge in [0.25, 0.3) is 0 Å². The molecule has 0 saturated heterocycles. The average Bonchev–Trinajstić information content (AvgIpc) is 3.78. The van der Waals surface area contributed by atoms with Crippen LogP contribution in [-0.2, 0) is 0 Å². The van der Waals surface area contributed by atoms with Crippen molar-refractivity contribution in [3.8, 4) is 33.6 Å². The van der Waals surface area contributed by atoms with Gasteiger partial charge in [-0.3, -0.25) is 0 Å². The largest absolute Gasteiger partial charge is 0.307 e. The van der Waals surface area contributed by atoms with Crippen molar-refractivity contribution in [2.75, 3.05) is 0 Å². The van der Waals surface area contributed by atoms with Gasteiger partial charge in [0.1, 0.15) is 0 Å². The molecule has 0 saturated carbocycles. The first-order valence-corrected chi connectivity index (χ1v) is 20.0. The van der Waals surface area contributed by atoms with Crippen LogP contribution in [0.5, 0.6) is 0 Å². The zero-order valence-electron chi connectivity index (χ0n) is 32.7. The molecule has 8 aromatic carbocycles. The number of benzene rings is 8. The zero-order valence-corrected chi connectivity index (χ0v) is 32.7. The van der Waals surface area contributed by atoms with Crippen LogP contribution < -0.4 is 0 Å². The molecule has 2 heteroatoms. The summed E-state index contributed by atoms with van der Waals surface area (Å²) in [5.41, 5.74) is 19.1. The SMILES string of the molecule is Cc1ccc(/C=C/c2ccc(-c3ccc4c(c3)n(-c3ccccc3)c3c5ccc(-c6ccc(/C=C/c7ccc(C)cc7)cc6)cc5n(-c5ccccc5)c43)cc2)cc1. The van der Waals surface area contributed by atoms with Gasteiger partial charge in [-0.25, -0.2) is 0 Å². The second kappa shape index (κ2) is 14.9. The third kappa shape index (κ3) is 6.65. The maximum Gasteiger partial charge on any atom is 0.0803 e. The van der Waals surface area contributed by atoms with E-state index >= 15 is 0 Å². The second-order valence-corrected chi connectivity index (χ2v) is 15.2. The predicted molar refractivity (Wildman–Crippen MR) is 249 cm³/mol. The quantitative estimate of drug-likeness (QED) is 0.137. The third-order valence-corrected chi connectivity index (χ3v) is 11.3. The second-order valence-electron chi connectivity index (χ2n) is 15.2. The Morgan fingerprint density at radius 2 is 0.621 bits per heavy atom. The molecular formula is C56H42N2. The molecule has 2 nitrogen and oxygen atoms in total. The Balaban J connectivity index is 1.09. The van der Waals surface area contributed by atoms with Crippen LogP contribution in [0.3, 0.4) is 0 Å². The van der Waals surface area contributed by atoms with E-state index in [4.69, 9.17) is 0 Å². The Labute approximate surface area is 339 Å². The molecule has 10 aromatic rings. The molecule has 58 heavy (non-hydrogen) atoms. The topological polar surface area (TPSA) is 9.86 Å². The molecule has 10 rings (SSSR count). The van der Waals surface area contributed by atoms with Crippen LogP contribution in [0.1, 0.15) is 33.4 Å². The summed E-state index contributed by atoms with van der Waals surface area (Å²) in [5.74, 6) is 0. The highest BCUT2D eigenvalue weighted by Crippen LogP contribution is 2.43. The number of para-hydroxylation sites is 2. The summed E-state index contributed by atoms with van der Waals surface area (Å²) in [7, 11) is 0. The van der Waals surface area contributed by atoms with Crippen molar-refractivity contribution in [1.82, 2.24) is 9.13 Å². The zero-order chi connectivity index (χ0) is 39.0. The Hall–Kier alpha value is -7.42. The van der Waals surface area contributed by atoms with Gasteiger partial charge < -0.3 is 9.13 Å². The van der Waals surface area contributed by atoms with Gasteiger partial charge in [0.15, 0.2) is 0 Å². The lowest BCUT2D eigenvalue weighted by atomic mass is 10.0. The summed E-state index contributed by atoms with van der Waals surface area (Å²) in [6.45, 7) is 4.24. The van der Waals surface area contributed by atoms with Gasteiger partial charge in [0.2, 0.25) is 0 Å². The Kier molecular flexibility index (Phi) is 9.01. The fraction of sp³-hybridized carbons (Fsp3) is 0.0357. The van der Waals surface area contributed by atoms with Gasteiger partial charge in [-0.05, 0) is 94.8 Å². The standard InChI is InChI=1S/C56H42N2/c1-39-13-17-41(18-14-39)21-23-43-25-29-45(30-26-43)47-33-35-51-53(37-47)57(49-9-5-3-6-10-49)56-52-36-34-48(38-54(52)58(55(51)56)50-11-7-4-8-12-50)46-31-27-44(28-32-46)24-22-42-19-15-40(2)16-20-42/h3-38H,1-2H3/b23-21+,24-22+. The van der Waals surface area contributed by atoms with Crippen molar-refractivity contribution in [2.45, 2.75) is 13.8 Å². The lowest BCUT2D eigenvalue weighted by molar-refractivity contribution is 1.17. The summed E-state index contributed by atoms with van der Waals surface area (Å²) in [5, 5.41) is 2.43. The number of hydrogen-bond donors (Lipinski definition) is 0. The van der Waals surface area contributed by atoms with E-state index in [9.17, 15) is 0 Å². The van der Waals surface area contributed by atoms with E-state index in [0.29, 0.717) is 0 Å². The van der Waals surface area contributed by atoms with Crippen LogP contribution >= 0.6 is 0 Å². The van der Waals surface area contributed by atoms with Crippen molar-refractivity contribution in [3.63, 3.8) is 0 Å². The predicted octanol–water partition coefficient (Wildman–Crippen LogP) is 15.0. The number of fused-ring (bicyclic) bond motifs is 5. The molecule has 276 valence electrons. The van der Waals surface area contributed by atoms with Crippen LogP contribution in [0.4, 0.5) is 0 Å². The summed E-state index contributed by atoms with van der Waals surface area (Å²) in [4.78, 5) is 0. The molecule has 0 bridgehead atoms. The van der Waals surface area contributed by atoms with E-state index in [0.717, 1.165) is 11.4 Å². The Bertz CT molecular complexity index is 2890. The van der Waals surface area contributed by atoms with Gasteiger partial charge >= 0.3 is 0 Å². The molecule has 0 spiro atoms. The molecule has 0 aliphatic heterocycles. The van der Waals surface area contributed by atoms with E-state index < -0.39 is 0 Å². The van der Waals surface area contributed by atoms with Crippen LogP contribution in [0.2, 0.25) is 0 Å². The summed E-state index contributed by atoms with van der Waals surface area (Å²) in [6, 6.07) is 70.6. The minimum absolute atomic E-state index is 1.14. The van der Waals surface area contributed by atoms with Gasteiger partial charge in [-0.2, -0.15) is 0 Å². The van der Waals surface area contributed by atoms with Crippen molar-refractivity contribution in [2.24, 2.45) is 0 Å². The maximum atomic E-state index is 2.46. The van der Waals surface area contributed by atoms with Gasteiger partial charge in [-0.1, -0.05) is 193 Å². The highest BCUT2D eigenvalue weighted by Gasteiger charge is 2.23. The molecule has 0 N–H and O–H groups in total. The monoisotopic (exact) mass is 742 g/mol. The number of aryl methyl sites for hydroxylation is 2. The normalized spacial score (nSPS) is 11.8. The first-order chi connectivity index (χ1) is 28.6. The third-order valence-electron chi connectivity index (χ3n) is 11.3. The van der Waals surface area contributed by atoms with Crippen molar-refractivity contribution in [3.05, 3.63) is 228 Å². The van der Waals surface area contributed by atoms with Crippen LogP contribution in [0.15, 0.2) is 194 Å². The summed E-state index contributed by atoms with van der Waals surface area (Å²) >= 11 is 0. The number of hydrogen-bond acceptors (Lipinski definition) is 0. The molecule has 0 atom stereocenters. The van der Waals surface area contributed by atoms with Crippen LogP contribution in [-0.4, -0.2) is 9.13 Å². The van der Waals surface area contributed by atoms with Crippen LogP contribution in [0, 0.1) is 13.8 Å². The fourth-order valence-electron chi connectivity index (χ4n) is 8.15. The van der Waals surface area contributed by atoms with Gasteiger partial charge in [-0.15, -0.1) is 0 Å².